The van der Waals surface area contributed by atoms with Gasteiger partial charge in [0.05, 0.1) is 6.26 Å². The van der Waals surface area contributed by atoms with Crippen LogP contribution in [0.1, 0.15) is 16.1 Å². The molecule has 25 heavy (non-hydrogen) atoms. The second kappa shape index (κ2) is 7.58. The van der Waals surface area contributed by atoms with Gasteiger partial charge in [-0.15, -0.1) is 0 Å². The fourth-order valence-electron chi connectivity index (χ4n) is 1.97. The first kappa shape index (κ1) is 17.3. The van der Waals surface area contributed by atoms with Crippen LogP contribution in [0.5, 0.6) is 0 Å². The Morgan fingerprint density at radius 2 is 2.08 bits per heavy atom. The molecule has 0 fully saturated rings. The fourth-order valence-corrected chi connectivity index (χ4v) is 3.06. The number of thioether (sulfide) groups is 1. The highest BCUT2D eigenvalue weighted by Crippen LogP contribution is 2.22. The first-order valence-corrected chi connectivity index (χ1v) is 8.92. The van der Waals surface area contributed by atoms with E-state index in [0.717, 1.165) is 10.0 Å². The number of halogens is 1. The van der Waals surface area contributed by atoms with Crippen LogP contribution in [0.3, 0.4) is 0 Å². The van der Waals surface area contributed by atoms with Crippen LogP contribution < -0.4 is 16.6 Å². The van der Waals surface area contributed by atoms with Gasteiger partial charge in [0.1, 0.15) is 0 Å². The summed E-state index contributed by atoms with van der Waals surface area (Å²) in [5, 5.41) is 2.79. The maximum Gasteiger partial charge on any atom is 0.291 e. The molecule has 0 atom stereocenters. The molecular weight excluding hydrogens is 408 g/mol. The van der Waals surface area contributed by atoms with Gasteiger partial charge in [-0.3, -0.25) is 14.6 Å². The molecule has 128 valence electrons. The van der Waals surface area contributed by atoms with Crippen molar-refractivity contribution >= 4 is 45.1 Å². The fraction of sp³-hybridized carbons (Fsp3) is 0.0625. The number of rotatable bonds is 5. The number of nitrogens with zero attached hydrogens (tertiary/aromatic N) is 1. The zero-order chi connectivity index (χ0) is 17.8. The number of hydrogen-bond acceptors (Lipinski definition) is 6. The second-order valence-electron chi connectivity index (χ2n) is 4.98. The molecule has 0 spiro atoms. The minimum atomic E-state index is -0.570. The number of hydrogen-bond donors (Lipinski definition) is 3. The standard InChI is InChI=1S/C16H13BrN4O3S/c17-10-5-3-9(4-6-10)8-25-16-20-13(18)12(15(23)21-16)19-14(22)11-2-1-7-24-11/h1-7H,8H2,(H,19,22)(H3,18,20,21,23). The lowest BCUT2D eigenvalue weighted by Crippen LogP contribution is -2.22. The maximum atomic E-state index is 12.2. The number of benzene rings is 1. The lowest BCUT2D eigenvalue weighted by Gasteiger charge is -2.07. The molecule has 2 aromatic heterocycles. The third kappa shape index (κ3) is 4.31. The number of H-pyrrole nitrogens is 1. The largest absolute Gasteiger partial charge is 0.459 e. The number of furan rings is 1. The van der Waals surface area contributed by atoms with Gasteiger partial charge >= 0.3 is 0 Å². The molecule has 1 amide bonds. The van der Waals surface area contributed by atoms with Gasteiger partial charge in [-0.25, -0.2) is 4.98 Å². The molecule has 7 nitrogen and oxygen atoms in total. The van der Waals surface area contributed by atoms with Crippen molar-refractivity contribution in [3.8, 4) is 0 Å². The number of nitrogen functional groups attached to an aromatic ring is 1. The van der Waals surface area contributed by atoms with E-state index in [4.69, 9.17) is 10.2 Å². The van der Waals surface area contributed by atoms with Crippen LogP contribution in [0.15, 0.2) is 61.5 Å². The molecule has 0 saturated heterocycles. The first-order chi connectivity index (χ1) is 12.0. The van der Waals surface area contributed by atoms with Crippen LogP contribution in [0.25, 0.3) is 0 Å². The van der Waals surface area contributed by atoms with Crippen molar-refractivity contribution < 1.29 is 9.21 Å². The molecule has 1 aromatic carbocycles. The molecule has 0 saturated carbocycles. The van der Waals surface area contributed by atoms with Crippen LogP contribution in [0.4, 0.5) is 11.5 Å². The molecule has 2 heterocycles. The number of nitrogens with one attached hydrogen (secondary N) is 2. The van der Waals surface area contributed by atoms with Crippen molar-refractivity contribution in [2.45, 2.75) is 10.9 Å². The third-order valence-corrected chi connectivity index (χ3v) is 4.67. The van der Waals surface area contributed by atoms with E-state index < -0.39 is 11.5 Å². The highest BCUT2D eigenvalue weighted by Gasteiger charge is 2.15. The van der Waals surface area contributed by atoms with Crippen molar-refractivity contribution in [2.75, 3.05) is 11.1 Å². The van der Waals surface area contributed by atoms with Gasteiger partial charge in [-0.05, 0) is 29.8 Å². The molecule has 3 rings (SSSR count). The Bertz CT molecular complexity index is 939. The number of carbonyl (C=O) groups excluding carboxylic acids is 1. The normalized spacial score (nSPS) is 10.6. The molecule has 9 heteroatoms. The van der Waals surface area contributed by atoms with Gasteiger partial charge in [0, 0.05) is 10.2 Å². The Kier molecular flexibility index (Phi) is 5.25. The highest BCUT2D eigenvalue weighted by molar-refractivity contribution is 9.10. The number of anilines is 2. The average molecular weight is 421 g/mol. The van der Waals surface area contributed by atoms with E-state index in [0.29, 0.717) is 10.9 Å². The van der Waals surface area contributed by atoms with E-state index >= 15 is 0 Å². The van der Waals surface area contributed by atoms with Crippen LogP contribution in [-0.4, -0.2) is 15.9 Å². The van der Waals surface area contributed by atoms with E-state index in [2.05, 4.69) is 31.2 Å². The average Bonchev–Trinajstić information content (AvgIpc) is 3.12. The molecular formula is C16H13BrN4O3S. The molecule has 0 unspecified atom stereocenters. The lowest BCUT2D eigenvalue weighted by atomic mass is 10.2. The molecule has 0 radical (unpaired) electrons. The van der Waals surface area contributed by atoms with Crippen molar-refractivity contribution in [3.63, 3.8) is 0 Å². The summed E-state index contributed by atoms with van der Waals surface area (Å²) in [7, 11) is 0. The first-order valence-electron chi connectivity index (χ1n) is 7.15. The predicted molar refractivity (Wildman–Crippen MR) is 99.6 cm³/mol. The SMILES string of the molecule is Nc1nc(SCc2ccc(Br)cc2)[nH]c(=O)c1NC(=O)c1ccco1. The summed E-state index contributed by atoms with van der Waals surface area (Å²) in [6, 6.07) is 10.9. The predicted octanol–water partition coefficient (Wildman–Crippen LogP) is 3.25. The van der Waals surface area contributed by atoms with Gasteiger partial charge in [0.25, 0.3) is 11.5 Å². The Labute approximate surface area is 155 Å². The van der Waals surface area contributed by atoms with Crippen LogP contribution >= 0.6 is 27.7 Å². The zero-order valence-electron chi connectivity index (χ0n) is 12.8. The number of aromatic amines is 1. The number of amides is 1. The minimum Gasteiger partial charge on any atom is -0.459 e. The molecule has 0 aliphatic heterocycles. The van der Waals surface area contributed by atoms with Gasteiger partial charge < -0.3 is 15.5 Å². The Morgan fingerprint density at radius 3 is 2.72 bits per heavy atom. The van der Waals surface area contributed by atoms with Gasteiger partial charge in [0.15, 0.2) is 22.4 Å². The van der Waals surface area contributed by atoms with Crippen molar-refractivity contribution in [2.24, 2.45) is 0 Å². The maximum absolute atomic E-state index is 12.2. The van der Waals surface area contributed by atoms with E-state index in [9.17, 15) is 9.59 Å². The Hall–Kier alpha value is -2.52. The minimum absolute atomic E-state index is 0.0537. The van der Waals surface area contributed by atoms with Gasteiger partial charge in [0.2, 0.25) is 0 Å². The second-order valence-corrected chi connectivity index (χ2v) is 6.86. The van der Waals surface area contributed by atoms with Crippen LogP contribution in [-0.2, 0) is 5.75 Å². The molecule has 4 N–H and O–H groups in total. The van der Waals surface area contributed by atoms with Crippen molar-refractivity contribution in [1.29, 1.82) is 0 Å². The van der Waals surface area contributed by atoms with Crippen molar-refractivity contribution in [1.82, 2.24) is 9.97 Å². The van der Waals surface area contributed by atoms with E-state index in [1.54, 1.807) is 6.07 Å². The quantitative estimate of drug-likeness (QED) is 0.431. The van der Waals surface area contributed by atoms with Crippen LogP contribution in [0.2, 0.25) is 0 Å². The number of nitrogens with two attached hydrogens (primary N) is 1. The molecule has 0 aliphatic carbocycles. The number of carbonyl (C=O) groups is 1. The molecule has 3 aromatic rings. The summed E-state index contributed by atoms with van der Waals surface area (Å²) in [6.45, 7) is 0. The van der Waals surface area contributed by atoms with E-state index in [1.165, 1.54) is 24.1 Å². The highest BCUT2D eigenvalue weighted by atomic mass is 79.9. The van der Waals surface area contributed by atoms with Crippen molar-refractivity contribution in [3.05, 3.63) is 68.8 Å². The van der Waals surface area contributed by atoms with E-state index in [-0.39, 0.29) is 17.3 Å². The molecule has 0 bridgehead atoms. The third-order valence-electron chi connectivity index (χ3n) is 3.20. The Morgan fingerprint density at radius 1 is 1.32 bits per heavy atom. The topological polar surface area (TPSA) is 114 Å². The zero-order valence-corrected chi connectivity index (χ0v) is 15.2. The summed E-state index contributed by atoms with van der Waals surface area (Å²) in [4.78, 5) is 30.9. The lowest BCUT2D eigenvalue weighted by molar-refractivity contribution is 0.0996. The summed E-state index contributed by atoms with van der Waals surface area (Å²) >= 11 is 4.72. The summed E-state index contributed by atoms with van der Waals surface area (Å²) < 4.78 is 5.97. The molecule has 0 aliphatic rings. The Balaban J connectivity index is 1.72. The van der Waals surface area contributed by atoms with Gasteiger partial charge in [-0.1, -0.05) is 39.8 Å². The van der Waals surface area contributed by atoms with Gasteiger partial charge in [-0.2, -0.15) is 0 Å². The monoisotopic (exact) mass is 420 g/mol. The van der Waals surface area contributed by atoms with E-state index in [1.807, 2.05) is 24.3 Å². The van der Waals surface area contributed by atoms with Crippen LogP contribution in [0, 0.1) is 0 Å². The smallest absolute Gasteiger partial charge is 0.291 e. The number of aromatic nitrogens is 2. The summed E-state index contributed by atoms with van der Waals surface area (Å²) in [6.07, 6.45) is 1.36. The summed E-state index contributed by atoms with van der Waals surface area (Å²) in [5.41, 5.74) is 6.27. The summed E-state index contributed by atoms with van der Waals surface area (Å²) in [5.74, 6) is 0.0713.